The van der Waals surface area contributed by atoms with Gasteiger partial charge in [0.25, 0.3) is 0 Å². The molecule has 0 amide bonds. The van der Waals surface area contributed by atoms with Crippen LogP contribution in [0.5, 0.6) is 0 Å². The highest BCUT2D eigenvalue weighted by Gasteiger charge is 2.52. The molecule has 98 valence electrons. The third-order valence-corrected chi connectivity index (χ3v) is 3.86. The number of aromatic amines is 1. The normalized spacial score (nSPS) is 22.5. The highest BCUT2D eigenvalue weighted by atomic mass is 32.1. The first kappa shape index (κ1) is 13.6. The van der Waals surface area contributed by atoms with Crippen LogP contribution in [0, 0.1) is 0 Å². The zero-order valence-corrected chi connectivity index (χ0v) is 12.0. The average Bonchev–Trinajstić information content (AvgIpc) is 2.82. The van der Waals surface area contributed by atoms with Crippen LogP contribution in [0.25, 0.3) is 6.08 Å². The van der Waals surface area contributed by atoms with Gasteiger partial charge in [0.15, 0.2) is 0 Å². The zero-order valence-electron chi connectivity index (χ0n) is 11.1. The Labute approximate surface area is 113 Å². The molecule has 2 heterocycles. The van der Waals surface area contributed by atoms with Crippen molar-refractivity contribution in [2.75, 3.05) is 5.75 Å². The van der Waals surface area contributed by atoms with Crippen LogP contribution in [-0.2, 0) is 9.31 Å². The lowest BCUT2D eigenvalue weighted by Crippen LogP contribution is -2.41. The van der Waals surface area contributed by atoms with E-state index in [0.717, 1.165) is 5.47 Å². The Morgan fingerprint density at radius 2 is 2.00 bits per heavy atom. The maximum atomic E-state index is 5.96. The predicted molar refractivity (Wildman–Crippen MR) is 74.3 cm³/mol. The lowest BCUT2D eigenvalue weighted by atomic mass is 9.79. The van der Waals surface area contributed by atoms with Crippen molar-refractivity contribution in [1.82, 2.24) is 15.2 Å². The van der Waals surface area contributed by atoms with E-state index in [9.17, 15) is 0 Å². The molecular weight excluding hydrogens is 249 g/mol. The summed E-state index contributed by atoms with van der Waals surface area (Å²) in [5, 5.41) is 6.59. The molecule has 0 unspecified atom stereocenters. The fourth-order valence-corrected chi connectivity index (χ4v) is 1.88. The highest BCUT2D eigenvalue weighted by molar-refractivity contribution is 7.80. The van der Waals surface area contributed by atoms with Gasteiger partial charge >= 0.3 is 7.12 Å². The molecule has 1 fully saturated rings. The van der Waals surface area contributed by atoms with Crippen LogP contribution in [0.2, 0.25) is 0 Å². The van der Waals surface area contributed by atoms with E-state index in [1.165, 1.54) is 6.33 Å². The summed E-state index contributed by atoms with van der Waals surface area (Å²) in [5.41, 5.74) is 0.233. The lowest BCUT2D eigenvalue weighted by Gasteiger charge is -2.32. The minimum Gasteiger partial charge on any atom is -0.400 e. The molecule has 1 aliphatic heterocycles. The molecule has 5 nitrogen and oxygen atoms in total. The standard InChI is InChI=1S/C11H18BN3O2S/c1-10(2)11(3,4)17-12(16-10)8(6-18)5-9-13-7-14-15-9/h5,7,18H,6H2,1-4H3,(H,13,14,15). The average molecular weight is 267 g/mol. The van der Waals surface area contributed by atoms with Crippen LogP contribution in [-0.4, -0.2) is 39.3 Å². The van der Waals surface area contributed by atoms with Gasteiger partial charge in [-0.2, -0.15) is 17.7 Å². The summed E-state index contributed by atoms with van der Waals surface area (Å²) in [6.07, 6.45) is 3.33. The van der Waals surface area contributed by atoms with Crippen LogP contribution in [0.1, 0.15) is 33.5 Å². The summed E-state index contributed by atoms with van der Waals surface area (Å²) in [7, 11) is -0.391. The van der Waals surface area contributed by atoms with Crippen LogP contribution in [0.4, 0.5) is 0 Å². The number of nitrogens with one attached hydrogen (secondary N) is 1. The summed E-state index contributed by atoms with van der Waals surface area (Å²) in [6, 6.07) is 0. The van der Waals surface area contributed by atoms with E-state index < -0.39 is 7.12 Å². The van der Waals surface area contributed by atoms with Gasteiger partial charge in [-0.05, 0) is 39.2 Å². The summed E-state index contributed by atoms with van der Waals surface area (Å²) < 4.78 is 11.9. The lowest BCUT2D eigenvalue weighted by molar-refractivity contribution is 0.00578. The molecule has 0 saturated carbocycles. The fourth-order valence-electron chi connectivity index (χ4n) is 1.64. The number of nitrogens with zero attached hydrogens (tertiary/aromatic N) is 2. The number of hydrogen-bond donors (Lipinski definition) is 2. The minimum absolute atomic E-state index is 0.346. The zero-order chi connectivity index (χ0) is 13.4. The third kappa shape index (κ3) is 2.48. The van der Waals surface area contributed by atoms with Gasteiger partial charge in [0.2, 0.25) is 0 Å². The molecule has 0 atom stereocenters. The first-order valence-electron chi connectivity index (χ1n) is 5.88. The van der Waals surface area contributed by atoms with Gasteiger partial charge in [0.05, 0.1) is 11.2 Å². The molecule has 0 bridgehead atoms. The highest BCUT2D eigenvalue weighted by Crippen LogP contribution is 2.38. The van der Waals surface area contributed by atoms with Crippen LogP contribution in [0.15, 0.2) is 11.8 Å². The second kappa shape index (κ2) is 4.72. The summed E-state index contributed by atoms with van der Waals surface area (Å²) in [5.74, 6) is 1.21. The van der Waals surface area contributed by atoms with Crippen molar-refractivity contribution in [2.24, 2.45) is 0 Å². The first-order chi connectivity index (χ1) is 8.36. The van der Waals surface area contributed by atoms with E-state index in [1.54, 1.807) is 0 Å². The fraction of sp³-hybridized carbons (Fsp3) is 0.636. The topological polar surface area (TPSA) is 60.0 Å². The molecule has 1 N–H and O–H groups in total. The quantitative estimate of drug-likeness (QED) is 0.647. The molecule has 1 aromatic heterocycles. The van der Waals surface area contributed by atoms with Gasteiger partial charge in [0, 0.05) is 5.75 Å². The van der Waals surface area contributed by atoms with Crippen molar-refractivity contribution >= 4 is 25.8 Å². The summed E-state index contributed by atoms with van der Waals surface area (Å²) >= 11 is 4.33. The van der Waals surface area contributed by atoms with Gasteiger partial charge in [-0.15, -0.1) is 0 Å². The molecule has 1 saturated heterocycles. The number of thiol groups is 1. The van der Waals surface area contributed by atoms with Gasteiger partial charge in [-0.25, -0.2) is 4.98 Å². The second-order valence-electron chi connectivity index (χ2n) is 5.34. The van der Waals surface area contributed by atoms with E-state index in [1.807, 2.05) is 33.8 Å². The molecule has 0 radical (unpaired) electrons. The Bertz CT molecular complexity index is 429. The van der Waals surface area contributed by atoms with Gasteiger partial charge < -0.3 is 9.31 Å². The Morgan fingerprint density at radius 1 is 1.39 bits per heavy atom. The molecule has 18 heavy (non-hydrogen) atoms. The molecule has 7 heteroatoms. The number of aromatic nitrogens is 3. The van der Waals surface area contributed by atoms with Crippen LogP contribution >= 0.6 is 12.6 Å². The van der Waals surface area contributed by atoms with E-state index in [0.29, 0.717) is 11.6 Å². The molecule has 0 aromatic carbocycles. The predicted octanol–water partition coefficient (Wildman–Crippen LogP) is 1.75. The van der Waals surface area contributed by atoms with Crippen molar-refractivity contribution in [3.05, 3.63) is 17.6 Å². The van der Waals surface area contributed by atoms with Crippen molar-refractivity contribution in [3.8, 4) is 0 Å². The van der Waals surface area contributed by atoms with Crippen molar-refractivity contribution < 1.29 is 9.31 Å². The molecular formula is C11H18BN3O2S. The maximum absolute atomic E-state index is 5.96. The molecule has 1 aromatic rings. The summed E-state index contributed by atoms with van der Waals surface area (Å²) in [4.78, 5) is 4.06. The Hall–Kier alpha value is -0.785. The second-order valence-corrected chi connectivity index (χ2v) is 5.65. The molecule has 0 spiro atoms. The molecule has 2 rings (SSSR count). The third-order valence-electron chi connectivity index (χ3n) is 3.49. The van der Waals surface area contributed by atoms with E-state index in [2.05, 4.69) is 27.8 Å². The van der Waals surface area contributed by atoms with Crippen molar-refractivity contribution in [1.29, 1.82) is 0 Å². The van der Waals surface area contributed by atoms with E-state index in [4.69, 9.17) is 9.31 Å². The van der Waals surface area contributed by atoms with Crippen LogP contribution in [0.3, 0.4) is 0 Å². The number of rotatable bonds is 3. The monoisotopic (exact) mass is 267 g/mol. The molecule has 1 aliphatic rings. The van der Waals surface area contributed by atoms with Crippen molar-refractivity contribution in [2.45, 2.75) is 38.9 Å². The van der Waals surface area contributed by atoms with Crippen LogP contribution < -0.4 is 0 Å². The summed E-state index contributed by atoms with van der Waals surface area (Å²) in [6.45, 7) is 8.10. The number of hydrogen-bond acceptors (Lipinski definition) is 5. The van der Waals surface area contributed by atoms with Crippen molar-refractivity contribution in [3.63, 3.8) is 0 Å². The Kier molecular flexibility index (Phi) is 3.57. The SMILES string of the molecule is CC1(C)OB(C(=Cc2ncn[nH]2)CS)OC1(C)C. The smallest absolute Gasteiger partial charge is 0.400 e. The maximum Gasteiger partial charge on any atom is 0.491 e. The van der Waals surface area contributed by atoms with Gasteiger partial charge in [0.1, 0.15) is 12.2 Å². The largest absolute Gasteiger partial charge is 0.491 e. The van der Waals surface area contributed by atoms with E-state index in [-0.39, 0.29) is 11.2 Å². The Morgan fingerprint density at radius 3 is 2.44 bits per heavy atom. The number of H-pyrrole nitrogens is 1. The van der Waals surface area contributed by atoms with Gasteiger partial charge in [-0.1, -0.05) is 0 Å². The minimum atomic E-state index is -0.391. The van der Waals surface area contributed by atoms with E-state index >= 15 is 0 Å². The Balaban J connectivity index is 2.22. The molecule has 0 aliphatic carbocycles. The van der Waals surface area contributed by atoms with Gasteiger partial charge in [-0.3, -0.25) is 5.10 Å². The first-order valence-corrected chi connectivity index (χ1v) is 6.51.